The molecule has 0 bridgehead atoms. The molecule has 0 radical (unpaired) electrons. The van der Waals surface area contributed by atoms with Gasteiger partial charge in [0.05, 0.1) is 12.0 Å². The van der Waals surface area contributed by atoms with E-state index in [-0.39, 0.29) is 5.92 Å². The number of hydrogen-bond acceptors (Lipinski definition) is 3. The van der Waals surface area contributed by atoms with Crippen molar-refractivity contribution < 1.29 is 0 Å². The van der Waals surface area contributed by atoms with Crippen molar-refractivity contribution in [2.24, 2.45) is 0 Å². The Kier molecular flexibility index (Phi) is 2.11. The monoisotopic (exact) mass is 183 g/mol. The Morgan fingerprint density at radius 2 is 2.14 bits per heavy atom. The number of nitriles is 1. The summed E-state index contributed by atoms with van der Waals surface area (Å²) >= 11 is 0. The first-order valence-corrected chi connectivity index (χ1v) is 4.40. The Balaban J connectivity index is 2.72. The maximum atomic E-state index is 8.85. The molecule has 3 heteroatoms. The third-order valence-electron chi connectivity index (χ3n) is 2.25. The van der Waals surface area contributed by atoms with Crippen LogP contribution in [0.1, 0.15) is 18.4 Å². The van der Waals surface area contributed by atoms with E-state index in [0.29, 0.717) is 0 Å². The van der Waals surface area contributed by atoms with Crippen molar-refractivity contribution in [2.75, 3.05) is 0 Å². The fourth-order valence-electron chi connectivity index (χ4n) is 1.44. The molecule has 2 aromatic rings. The molecule has 0 aliphatic heterocycles. The highest BCUT2D eigenvalue weighted by atomic mass is 14.7. The molecule has 0 fully saturated rings. The molecule has 68 valence electrons. The number of aromatic nitrogens is 2. The molecule has 0 saturated heterocycles. The first-order valence-electron chi connectivity index (χ1n) is 4.40. The maximum Gasteiger partial charge on any atom is 0.0706 e. The number of hydrogen-bond donors (Lipinski definition) is 0. The van der Waals surface area contributed by atoms with Crippen molar-refractivity contribution in [1.82, 2.24) is 9.97 Å². The molecule has 3 nitrogen and oxygen atoms in total. The summed E-state index contributed by atoms with van der Waals surface area (Å²) < 4.78 is 0. The summed E-state index contributed by atoms with van der Waals surface area (Å²) in [6, 6.07) is 4.10. The summed E-state index contributed by atoms with van der Waals surface area (Å²) in [4.78, 5) is 8.16. The van der Waals surface area contributed by atoms with Gasteiger partial charge in [-0.05, 0) is 18.6 Å². The summed E-state index contributed by atoms with van der Waals surface area (Å²) in [6.45, 7) is 1.86. The molecule has 2 heterocycles. The highest BCUT2D eigenvalue weighted by molar-refractivity contribution is 5.84. The normalized spacial score (nSPS) is 12.3. The lowest BCUT2D eigenvalue weighted by atomic mass is 10.00. The molecule has 2 rings (SSSR count). The summed E-state index contributed by atoms with van der Waals surface area (Å²) in [5.41, 5.74) is 0.943. The minimum absolute atomic E-state index is 0.143. The maximum absolute atomic E-state index is 8.85. The van der Waals surface area contributed by atoms with Gasteiger partial charge in [0.2, 0.25) is 0 Å². The van der Waals surface area contributed by atoms with E-state index in [4.69, 9.17) is 5.26 Å². The number of nitrogens with zero attached hydrogens (tertiary/aromatic N) is 3. The van der Waals surface area contributed by atoms with Crippen molar-refractivity contribution in [3.63, 3.8) is 0 Å². The van der Waals surface area contributed by atoms with Crippen molar-refractivity contribution in [1.29, 1.82) is 5.26 Å². The van der Waals surface area contributed by atoms with Gasteiger partial charge in [-0.2, -0.15) is 5.26 Å². The van der Waals surface area contributed by atoms with Crippen LogP contribution >= 0.6 is 0 Å². The van der Waals surface area contributed by atoms with Gasteiger partial charge in [0, 0.05) is 35.6 Å². The fourth-order valence-corrected chi connectivity index (χ4v) is 1.44. The molecule has 1 unspecified atom stereocenters. The van der Waals surface area contributed by atoms with E-state index in [1.165, 1.54) is 0 Å². The van der Waals surface area contributed by atoms with E-state index in [9.17, 15) is 0 Å². The Hall–Kier alpha value is -1.95. The predicted octanol–water partition coefficient (Wildman–Crippen LogP) is 2.26. The highest BCUT2D eigenvalue weighted by Gasteiger charge is 2.08. The van der Waals surface area contributed by atoms with Gasteiger partial charge in [0.25, 0.3) is 0 Å². The van der Waals surface area contributed by atoms with Gasteiger partial charge in [0.1, 0.15) is 0 Å². The fraction of sp³-hybridized carbons (Fsp3) is 0.182. The molecule has 0 N–H and O–H groups in total. The van der Waals surface area contributed by atoms with Gasteiger partial charge >= 0.3 is 0 Å². The standard InChI is InChI=1S/C11H9N3/c1-8(4-12)10-6-14-5-9-2-3-13-7-11(9)10/h2-3,5-8H,1H3. The topological polar surface area (TPSA) is 49.6 Å². The first kappa shape index (κ1) is 8.64. The van der Waals surface area contributed by atoms with Gasteiger partial charge in [-0.3, -0.25) is 9.97 Å². The zero-order chi connectivity index (χ0) is 9.97. The van der Waals surface area contributed by atoms with Crippen molar-refractivity contribution in [3.05, 3.63) is 36.4 Å². The van der Waals surface area contributed by atoms with Crippen LogP contribution in [0.4, 0.5) is 0 Å². The van der Waals surface area contributed by atoms with E-state index < -0.39 is 0 Å². The minimum atomic E-state index is -0.143. The first-order chi connectivity index (χ1) is 6.83. The average Bonchev–Trinajstić information content (AvgIpc) is 2.27. The molecule has 0 aromatic carbocycles. The van der Waals surface area contributed by atoms with Crippen molar-refractivity contribution in [3.8, 4) is 6.07 Å². The van der Waals surface area contributed by atoms with Crippen LogP contribution < -0.4 is 0 Å². The van der Waals surface area contributed by atoms with E-state index in [0.717, 1.165) is 16.3 Å². The zero-order valence-corrected chi connectivity index (χ0v) is 7.81. The molecule has 0 amide bonds. The van der Waals surface area contributed by atoms with Crippen LogP contribution in [-0.2, 0) is 0 Å². The van der Waals surface area contributed by atoms with Crippen molar-refractivity contribution >= 4 is 10.8 Å². The summed E-state index contributed by atoms with van der Waals surface area (Å²) in [6.07, 6.45) is 7.02. The lowest BCUT2D eigenvalue weighted by Gasteiger charge is -2.05. The Morgan fingerprint density at radius 3 is 2.93 bits per heavy atom. The third-order valence-corrected chi connectivity index (χ3v) is 2.25. The molecule has 1 atom stereocenters. The van der Waals surface area contributed by atoms with Gasteiger partial charge in [0.15, 0.2) is 0 Å². The molecule has 14 heavy (non-hydrogen) atoms. The predicted molar refractivity (Wildman–Crippen MR) is 53.6 cm³/mol. The molecular weight excluding hydrogens is 174 g/mol. The second kappa shape index (κ2) is 3.43. The van der Waals surface area contributed by atoms with Crippen LogP contribution in [0.5, 0.6) is 0 Å². The molecule has 0 saturated carbocycles. The number of rotatable bonds is 1. The van der Waals surface area contributed by atoms with Gasteiger partial charge in [-0.1, -0.05) is 0 Å². The zero-order valence-electron chi connectivity index (χ0n) is 7.81. The quantitative estimate of drug-likeness (QED) is 0.681. The van der Waals surface area contributed by atoms with Gasteiger partial charge in [-0.25, -0.2) is 0 Å². The Bertz CT molecular complexity index is 494. The molecular formula is C11H9N3. The Labute approximate surface area is 82.0 Å². The van der Waals surface area contributed by atoms with Gasteiger partial charge in [-0.15, -0.1) is 0 Å². The second-order valence-corrected chi connectivity index (χ2v) is 3.18. The van der Waals surface area contributed by atoms with Crippen molar-refractivity contribution in [2.45, 2.75) is 12.8 Å². The Morgan fingerprint density at radius 1 is 1.29 bits per heavy atom. The lowest BCUT2D eigenvalue weighted by Crippen LogP contribution is -1.93. The van der Waals surface area contributed by atoms with E-state index in [2.05, 4.69) is 16.0 Å². The smallest absolute Gasteiger partial charge is 0.0706 e. The van der Waals surface area contributed by atoms with Crippen LogP contribution in [-0.4, -0.2) is 9.97 Å². The lowest BCUT2D eigenvalue weighted by molar-refractivity contribution is 0.980. The molecule has 2 aromatic heterocycles. The molecule has 0 aliphatic carbocycles. The SMILES string of the molecule is CC(C#N)c1cncc2ccncc12. The summed E-state index contributed by atoms with van der Waals surface area (Å²) in [7, 11) is 0. The third kappa shape index (κ3) is 1.31. The molecule has 0 aliphatic rings. The minimum Gasteiger partial charge on any atom is -0.264 e. The average molecular weight is 183 g/mol. The second-order valence-electron chi connectivity index (χ2n) is 3.18. The largest absolute Gasteiger partial charge is 0.264 e. The van der Waals surface area contributed by atoms with E-state index in [1.54, 1.807) is 24.8 Å². The van der Waals surface area contributed by atoms with E-state index >= 15 is 0 Å². The summed E-state index contributed by atoms with van der Waals surface area (Å²) in [5.74, 6) is -0.143. The highest BCUT2D eigenvalue weighted by Crippen LogP contribution is 2.22. The summed E-state index contributed by atoms with van der Waals surface area (Å²) in [5, 5.41) is 10.9. The number of pyridine rings is 2. The van der Waals surface area contributed by atoms with Crippen LogP contribution in [0.25, 0.3) is 10.8 Å². The van der Waals surface area contributed by atoms with Crippen LogP contribution in [0, 0.1) is 11.3 Å². The van der Waals surface area contributed by atoms with Crippen LogP contribution in [0.15, 0.2) is 30.9 Å². The number of fused-ring (bicyclic) bond motifs is 1. The van der Waals surface area contributed by atoms with E-state index in [1.807, 2.05) is 13.0 Å². The van der Waals surface area contributed by atoms with Gasteiger partial charge < -0.3 is 0 Å². The van der Waals surface area contributed by atoms with Crippen LogP contribution in [0.3, 0.4) is 0 Å². The molecule has 0 spiro atoms. The van der Waals surface area contributed by atoms with Crippen LogP contribution in [0.2, 0.25) is 0 Å².